The number of nitrogens with one attached hydrogen (secondary N) is 2. The van der Waals surface area contributed by atoms with Crippen LogP contribution in [0.2, 0.25) is 0 Å². The number of carbonyl (C=O) groups is 1. The van der Waals surface area contributed by atoms with Gasteiger partial charge < -0.3 is 30.9 Å². The minimum atomic E-state index is 0.0125. The molecule has 1 heterocycles. The van der Waals surface area contributed by atoms with Crippen LogP contribution in [0.15, 0.2) is 94.8 Å². The number of amidine groups is 1. The lowest BCUT2D eigenvalue weighted by Gasteiger charge is -2.27. The predicted octanol–water partition coefficient (Wildman–Crippen LogP) is 5.00. The Kier molecular flexibility index (Phi) is 17.1. The molecule has 1 amide bonds. The Labute approximate surface area is 277 Å². The standard InChI is InChI=1S/C37H55N7O2/c1-9-17-43(8)19-16-41-29(5)12-14-32(28(4)22-38)21-35-34-15-13-31(20-33(34)26-46-36(35)11-3)24-42-37(39-7)25-44(18-10-2)30(6)23-40-27-45/h11-16,20-21,27,29H,3-4,6,9-10,17-19,22-26,38H2,1-2,5,7-8H3,(H,39,42)(H,40,45)/b14-12-,32-21-,41-16?. The van der Waals surface area contributed by atoms with Crippen LogP contribution < -0.4 is 16.4 Å². The number of rotatable bonds is 21. The number of allylic oxidation sites excluding steroid dienone is 4. The van der Waals surface area contributed by atoms with Crippen molar-refractivity contribution in [2.24, 2.45) is 15.7 Å². The molecule has 0 aliphatic carbocycles. The molecule has 1 aliphatic rings. The maximum atomic E-state index is 10.8. The number of fused-ring (bicyclic) bond motifs is 1. The van der Waals surface area contributed by atoms with E-state index < -0.39 is 0 Å². The summed E-state index contributed by atoms with van der Waals surface area (Å²) in [4.78, 5) is 24.3. The molecule has 0 saturated carbocycles. The molecule has 4 N–H and O–H groups in total. The summed E-state index contributed by atoms with van der Waals surface area (Å²) in [5.74, 6) is 1.57. The molecule has 0 radical (unpaired) electrons. The Morgan fingerprint density at radius 3 is 2.63 bits per heavy atom. The van der Waals surface area contributed by atoms with E-state index in [2.05, 4.69) is 108 Å². The van der Waals surface area contributed by atoms with Gasteiger partial charge in [0.05, 0.1) is 19.1 Å². The van der Waals surface area contributed by atoms with Gasteiger partial charge in [0, 0.05) is 50.7 Å². The van der Waals surface area contributed by atoms with E-state index in [1.165, 1.54) is 0 Å². The van der Waals surface area contributed by atoms with Crippen molar-refractivity contribution in [1.29, 1.82) is 0 Å². The zero-order valence-corrected chi connectivity index (χ0v) is 28.6. The highest BCUT2D eigenvalue weighted by Crippen LogP contribution is 2.33. The fourth-order valence-corrected chi connectivity index (χ4v) is 4.96. The van der Waals surface area contributed by atoms with Gasteiger partial charge in [0.1, 0.15) is 18.2 Å². The molecule has 2 rings (SSSR count). The zero-order valence-electron chi connectivity index (χ0n) is 28.6. The molecule has 0 aromatic heterocycles. The first-order valence-corrected chi connectivity index (χ1v) is 16.1. The Balaban J connectivity index is 2.25. The molecular weight excluding hydrogens is 574 g/mol. The number of benzene rings is 1. The fraction of sp³-hybridized carbons (Fsp3) is 0.432. The summed E-state index contributed by atoms with van der Waals surface area (Å²) in [6.07, 6.45) is 12.7. The molecule has 0 spiro atoms. The molecule has 1 aromatic rings. The molecule has 46 heavy (non-hydrogen) atoms. The van der Waals surface area contributed by atoms with Gasteiger partial charge in [0.15, 0.2) is 0 Å². The van der Waals surface area contributed by atoms with Gasteiger partial charge in [0.2, 0.25) is 6.41 Å². The van der Waals surface area contributed by atoms with Gasteiger partial charge in [-0.1, -0.05) is 57.9 Å². The summed E-state index contributed by atoms with van der Waals surface area (Å²) in [7, 11) is 3.88. The largest absolute Gasteiger partial charge is 0.488 e. The number of hydrogen-bond acceptors (Lipinski definition) is 7. The number of aliphatic imine (C=N–C) groups is 2. The van der Waals surface area contributed by atoms with Crippen LogP contribution in [0, 0.1) is 0 Å². The highest BCUT2D eigenvalue weighted by molar-refractivity contribution is 5.84. The van der Waals surface area contributed by atoms with E-state index in [9.17, 15) is 4.79 Å². The lowest BCUT2D eigenvalue weighted by molar-refractivity contribution is -0.109. The van der Waals surface area contributed by atoms with Crippen LogP contribution >= 0.6 is 0 Å². The number of amides is 1. The SMILES string of the molecule is C=CC1=C(/C=C(/C=C\C(C)N=CCN(C)CCC)C(=C)CN)c2ccc(CNC(CN(CCC)C(=C)CNC=O)=NC)cc2CO1. The van der Waals surface area contributed by atoms with Gasteiger partial charge in [-0.25, -0.2) is 0 Å². The van der Waals surface area contributed by atoms with E-state index in [-0.39, 0.29) is 6.04 Å². The van der Waals surface area contributed by atoms with Gasteiger partial charge >= 0.3 is 0 Å². The molecule has 0 bridgehead atoms. The average Bonchev–Trinajstić information content (AvgIpc) is 3.06. The second-order valence-corrected chi connectivity index (χ2v) is 11.4. The molecule has 9 nitrogen and oxygen atoms in total. The third-order valence-electron chi connectivity index (χ3n) is 7.58. The quantitative estimate of drug-likeness (QED) is 0.0765. The van der Waals surface area contributed by atoms with E-state index in [0.717, 1.165) is 83.2 Å². The first kappa shape index (κ1) is 38.0. The number of ether oxygens (including phenoxy) is 1. The van der Waals surface area contributed by atoms with Crippen molar-refractivity contribution in [2.45, 2.75) is 52.8 Å². The average molecular weight is 630 g/mol. The van der Waals surface area contributed by atoms with Gasteiger partial charge in [-0.15, -0.1) is 0 Å². The van der Waals surface area contributed by atoms with Crippen LogP contribution in [0.3, 0.4) is 0 Å². The van der Waals surface area contributed by atoms with E-state index in [1.54, 1.807) is 13.1 Å². The van der Waals surface area contributed by atoms with Crippen LogP contribution in [0.4, 0.5) is 0 Å². The molecule has 1 unspecified atom stereocenters. The molecule has 1 aliphatic heterocycles. The molecule has 0 fully saturated rings. The smallest absolute Gasteiger partial charge is 0.207 e. The van der Waals surface area contributed by atoms with Crippen LogP contribution in [0.5, 0.6) is 0 Å². The molecule has 1 aromatic carbocycles. The summed E-state index contributed by atoms with van der Waals surface area (Å²) < 4.78 is 6.15. The molecule has 9 heteroatoms. The van der Waals surface area contributed by atoms with Gasteiger partial charge in [-0.3, -0.25) is 14.8 Å². The minimum absolute atomic E-state index is 0.0125. The fourth-order valence-electron chi connectivity index (χ4n) is 4.96. The maximum absolute atomic E-state index is 10.8. The molecule has 250 valence electrons. The van der Waals surface area contributed by atoms with Crippen molar-refractivity contribution in [3.05, 3.63) is 102 Å². The summed E-state index contributed by atoms with van der Waals surface area (Å²) in [6, 6.07) is 6.43. The topological polar surface area (TPSA) is 108 Å². The van der Waals surface area contributed by atoms with Crippen LogP contribution in [-0.4, -0.2) is 87.7 Å². The highest BCUT2D eigenvalue weighted by Gasteiger charge is 2.19. The number of nitrogens with zero attached hydrogens (tertiary/aromatic N) is 4. The maximum Gasteiger partial charge on any atom is 0.207 e. The Hall–Kier alpha value is -4.21. The first-order chi connectivity index (χ1) is 22.2. The number of hydrogen-bond donors (Lipinski definition) is 3. The second kappa shape index (κ2) is 20.7. The van der Waals surface area contributed by atoms with Crippen molar-refractivity contribution in [2.75, 3.05) is 53.4 Å². The van der Waals surface area contributed by atoms with Crippen molar-refractivity contribution in [1.82, 2.24) is 20.4 Å². The van der Waals surface area contributed by atoms with Crippen molar-refractivity contribution < 1.29 is 9.53 Å². The number of carbonyl (C=O) groups excluding carboxylic acids is 1. The normalized spacial score (nSPS) is 14.3. The zero-order chi connectivity index (χ0) is 33.9. The van der Waals surface area contributed by atoms with E-state index in [1.807, 2.05) is 12.3 Å². The Morgan fingerprint density at radius 1 is 1.22 bits per heavy atom. The van der Waals surface area contributed by atoms with Crippen LogP contribution in [-0.2, 0) is 22.7 Å². The van der Waals surface area contributed by atoms with Gasteiger partial charge in [-0.05, 0) is 79.4 Å². The summed E-state index contributed by atoms with van der Waals surface area (Å²) in [6.45, 7) is 23.8. The predicted molar refractivity (Wildman–Crippen MR) is 195 cm³/mol. The highest BCUT2D eigenvalue weighted by atomic mass is 16.5. The van der Waals surface area contributed by atoms with Crippen LogP contribution in [0.1, 0.15) is 50.3 Å². The van der Waals surface area contributed by atoms with Gasteiger partial charge in [-0.2, -0.15) is 0 Å². The van der Waals surface area contributed by atoms with Gasteiger partial charge in [0.25, 0.3) is 0 Å². The summed E-state index contributed by atoms with van der Waals surface area (Å²) in [5, 5.41) is 6.17. The van der Waals surface area contributed by atoms with Crippen molar-refractivity contribution in [3.63, 3.8) is 0 Å². The lowest BCUT2D eigenvalue weighted by atomic mass is 9.92. The first-order valence-electron chi connectivity index (χ1n) is 16.1. The molecule has 0 saturated heterocycles. The second-order valence-electron chi connectivity index (χ2n) is 11.4. The van der Waals surface area contributed by atoms with Crippen molar-refractivity contribution >= 4 is 24.0 Å². The Morgan fingerprint density at radius 2 is 1.98 bits per heavy atom. The minimum Gasteiger partial charge on any atom is -0.488 e. The van der Waals surface area contributed by atoms with Crippen molar-refractivity contribution in [3.8, 4) is 0 Å². The van der Waals surface area contributed by atoms with E-state index >= 15 is 0 Å². The van der Waals surface area contributed by atoms with E-state index in [4.69, 9.17) is 10.5 Å². The third-order valence-corrected chi connectivity index (χ3v) is 7.58. The van der Waals surface area contributed by atoms with Crippen LogP contribution in [0.25, 0.3) is 5.57 Å². The molecule has 1 atom stereocenters. The lowest BCUT2D eigenvalue weighted by Crippen LogP contribution is -2.39. The Bertz CT molecular complexity index is 1340. The number of nitrogens with two attached hydrogens (primary N) is 1. The monoisotopic (exact) mass is 629 g/mol. The molecular formula is C37H55N7O2. The summed E-state index contributed by atoms with van der Waals surface area (Å²) >= 11 is 0. The third kappa shape index (κ3) is 12.3. The van der Waals surface area contributed by atoms with E-state index in [0.29, 0.717) is 39.2 Å². The summed E-state index contributed by atoms with van der Waals surface area (Å²) in [5.41, 5.74) is 12.9.